The van der Waals surface area contributed by atoms with Crippen LogP contribution in [-0.4, -0.2) is 65.0 Å². The molecule has 0 aliphatic carbocycles. The van der Waals surface area contributed by atoms with Crippen LogP contribution in [0.15, 0.2) is 18.2 Å². The molecule has 2 amide bonds. The minimum atomic E-state index is -0.0886. The van der Waals surface area contributed by atoms with Crippen molar-refractivity contribution in [3.8, 4) is 0 Å². The van der Waals surface area contributed by atoms with Gasteiger partial charge >= 0.3 is 0 Å². The standard InChI is InChI=1S/C25H39N3O3/c1-19(2)26-13-7-5-4-6-8-14-27(20(3)30)24-12-11-21(16-22(24)17-26)25(31)28-15-9-10-23(28)18-29/h11-12,16,19,23,29H,4-10,13-15,17-18H2,1-3H3. The average Bonchev–Trinajstić information content (AvgIpc) is 3.21. The van der Waals surface area contributed by atoms with Crippen LogP contribution in [0, 0.1) is 0 Å². The second kappa shape index (κ2) is 11.1. The van der Waals surface area contributed by atoms with Gasteiger partial charge in [-0.25, -0.2) is 0 Å². The van der Waals surface area contributed by atoms with Crippen molar-refractivity contribution in [3.63, 3.8) is 0 Å². The van der Waals surface area contributed by atoms with Crippen molar-refractivity contribution in [2.75, 3.05) is 31.1 Å². The Morgan fingerprint density at radius 3 is 2.42 bits per heavy atom. The molecule has 1 unspecified atom stereocenters. The molecule has 0 radical (unpaired) electrons. The molecule has 1 aromatic rings. The van der Waals surface area contributed by atoms with E-state index in [2.05, 4.69) is 18.7 Å². The van der Waals surface area contributed by atoms with Gasteiger partial charge in [0, 0.05) is 43.9 Å². The van der Waals surface area contributed by atoms with Gasteiger partial charge in [-0.05, 0) is 69.8 Å². The molecule has 6 nitrogen and oxygen atoms in total. The third-order valence-electron chi connectivity index (χ3n) is 6.78. The molecule has 1 aromatic carbocycles. The van der Waals surface area contributed by atoms with Crippen LogP contribution in [0.25, 0.3) is 0 Å². The van der Waals surface area contributed by atoms with Crippen LogP contribution < -0.4 is 4.90 Å². The van der Waals surface area contributed by atoms with E-state index in [1.165, 1.54) is 19.3 Å². The Bertz CT molecular complexity index is 764. The first kappa shape index (κ1) is 23.7. The number of anilines is 1. The first-order valence-corrected chi connectivity index (χ1v) is 12.0. The number of nitrogens with zero attached hydrogens (tertiary/aromatic N) is 3. The lowest BCUT2D eigenvalue weighted by atomic mass is 10.0. The summed E-state index contributed by atoms with van der Waals surface area (Å²) in [5.74, 6) is 0.0318. The third-order valence-corrected chi connectivity index (χ3v) is 6.78. The average molecular weight is 430 g/mol. The van der Waals surface area contributed by atoms with Gasteiger partial charge in [-0.1, -0.05) is 19.3 Å². The second-order valence-electron chi connectivity index (χ2n) is 9.32. The molecule has 0 spiro atoms. The first-order valence-electron chi connectivity index (χ1n) is 12.0. The summed E-state index contributed by atoms with van der Waals surface area (Å²) in [6.07, 6.45) is 7.52. The van der Waals surface area contributed by atoms with Gasteiger partial charge in [0.2, 0.25) is 5.91 Å². The van der Waals surface area contributed by atoms with Gasteiger partial charge in [-0.2, -0.15) is 0 Å². The number of amides is 2. The SMILES string of the molecule is CC(=O)N1CCCCCCCN(C(C)C)Cc2cc(C(=O)N3CCCC3CO)ccc21. The maximum absolute atomic E-state index is 13.2. The van der Waals surface area contributed by atoms with E-state index in [-0.39, 0.29) is 24.5 Å². The highest BCUT2D eigenvalue weighted by molar-refractivity contribution is 5.97. The zero-order valence-corrected chi connectivity index (χ0v) is 19.5. The van der Waals surface area contributed by atoms with Gasteiger partial charge < -0.3 is 14.9 Å². The molecule has 2 aliphatic heterocycles. The maximum Gasteiger partial charge on any atom is 0.254 e. The van der Waals surface area contributed by atoms with Crippen LogP contribution in [0.1, 0.15) is 81.6 Å². The predicted molar refractivity (Wildman–Crippen MR) is 124 cm³/mol. The van der Waals surface area contributed by atoms with E-state index in [9.17, 15) is 14.7 Å². The van der Waals surface area contributed by atoms with E-state index in [0.29, 0.717) is 18.2 Å². The lowest BCUT2D eigenvalue weighted by Gasteiger charge is -2.31. The Hall–Kier alpha value is -1.92. The summed E-state index contributed by atoms with van der Waals surface area (Å²) in [6, 6.07) is 6.10. The van der Waals surface area contributed by atoms with E-state index in [0.717, 1.165) is 56.6 Å². The summed E-state index contributed by atoms with van der Waals surface area (Å²) in [6.45, 7) is 9.21. The smallest absolute Gasteiger partial charge is 0.254 e. The molecule has 0 bridgehead atoms. The maximum atomic E-state index is 13.2. The lowest BCUT2D eigenvalue weighted by Crippen LogP contribution is -2.38. The minimum absolute atomic E-state index is 0.00984. The summed E-state index contributed by atoms with van der Waals surface area (Å²) in [5, 5.41) is 9.65. The molecule has 0 aromatic heterocycles. The normalized spacial score (nSPS) is 21.5. The van der Waals surface area contributed by atoms with Crippen molar-refractivity contribution in [2.24, 2.45) is 0 Å². The molecular formula is C25H39N3O3. The van der Waals surface area contributed by atoms with Crippen LogP contribution in [-0.2, 0) is 11.3 Å². The number of likely N-dealkylation sites (tertiary alicyclic amines) is 1. The molecule has 1 N–H and O–H groups in total. The quantitative estimate of drug-likeness (QED) is 0.794. The topological polar surface area (TPSA) is 64.1 Å². The van der Waals surface area contributed by atoms with E-state index >= 15 is 0 Å². The number of carbonyl (C=O) groups is 2. The Balaban J connectivity index is 1.98. The number of hydrogen-bond acceptors (Lipinski definition) is 4. The van der Waals surface area contributed by atoms with Crippen molar-refractivity contribution in [1.29, 1.82) is 0 Å². The van der Waals surface area contributed by atoms with E-state index in [4.69, 9.17) is 0 Å². The van der Waals surface area contributed by atoms with Crippen molar-refractivity contribution in [3.05, 3.63) is 29.3 Å². The van der Waals surface area contributed by atoms with Crippen LogP contribution in [0.5, 0.6) is 0 Å². The number of fused-ring (bicyclic) bond motifs is 1. The first-order chi connectivity index (χ1) is 14.9. The highest BCUT2D eigenvalue weighted by atomic mass is 16.3. The molecular weight excluding hydrogens is 390 g/mol. The zero-order chi connectivity index (χ0) is 22.4. The van der Waals surface area contributed by atoms with Crippen molar-refractivity contribution in [2.45, 2.75) is 84.3 Å². The molecule has 3 rings (SSSR count). The number of carbonyl (C=O) groups excluding carboxylic acids is 2. The van der Waals surface area contributed by atoms with Gasteiger partial charge in [0.15, 0.2) is 0 Å². The van der Waals surface area contributed by atoms with Gasteiger partial charge in [0.25, 0.3) is 5.91 Å². The van der Waals surface area contributed by atoms with Crippen molar-refractivity contribution >= 4 is 17.5 Å². The van der Waals surface area contributed by atoms with Crippen LogP contribution in [0.2, 0.25) is 0 Å². The van der Waals surface area contributed by atoms with Gasteiger partial charge in [0.05, 0.1) is 12.6 Å². The Kier molecular flexibility index (Phi) is 8.50. The lowest BCUT2D eigenvalue weighted by molar-refractivity contribution is -0.116. The summed E-state index contributed by atoms with van der Waals surface area (Å²) in [5.41, 5.74) is 2.61. The predicted octanol–water partition coefficient (Wildman–Crippen LogP) is 3.81. The summed E-state index contributed by atoms with van der Waals surface area (Å²) < 4.78 is 0. The van der Waals surface area contributed by atoms with Gasteiger partial charge in [-0.3, -0.25) is 14.5 Å². The molecule has 0 saturated carbocycles. The molecule has 1 atom stereocenters. The number of benzene rings is 1. The largest absolute Gasteiger partial charge is 0.394 e. The summed E-state index contributed by atoms with van der Waals surface area (Å²) >= 11 is 0. The molecule has 172 valence electrons. The molecule has 31 heavy (non-hydrogen) atoms. The molecule has 2 heterocycles. The van der Waals surface area contributed by atoms with Gasteiger partial charge in [-0.15, -0.1) is 0 Å². The Labute approximate surface area is 187 Å². The molecule has 1 fully saturated rings. The number of rotatable bonds is 3. The number of aliphatic hydroxyl groups excluding tert-OH is 1. The third kappa shape index (κ3) is 5.86. The fraction of sp³-hybridized carbons (Fsp3) is 0.680. The highest BCUT2D eigenvalue weighted by Crippen LogP contribution is 2.28. The summed E-state index contributed by atoms with van der Waals surface area (Å²) in [4.78, 5) is 31.9. The monoisotopic (exact) mass is 429 g/mol. The Morgan fingerprint density at radius 2 is 1.74 bits per heavy atom. The van der Waals surface area contributed by atoms with E-state index < -0.39 is 0 Å². The van der Waals surface area contributed by atoms with Crippen LogP contribution in [0.4, 0.5) is 5.69 Å². The molecule has 6 heteroatoms. The zero-order valence-electron chi connectivity index (χ0n) is 19.5. The fourth-order valence-electron chi connectivity index (χ4n) is 4.87. The van der Waals surface area contributed by atoms with Crippen molar-refractivity contribution in [1.82, 2.24) is 9.80 Å². The van der Waals surface area contributed by atoms with E-state index in [1.807, 2.05) is 23.1 Å². The Morgan fingerprint density at radius 1 is 1.03 bits per heavy atom. The van der Waals surface area contributed by atoms with E-state index in [1.54, 1.807) is 11.8 Å². The van der Waals surface area contributed by atoms with Crippen molar-refractivity contribution < 1.29 is 14.7 Å². The number of aliphatic hydroxyl groups is 1. The molecule has 2 aliphatic rings. The number of hydrogen-bond donors (Lipinski definition) is 1. The fourth-order valence-corrected chi connectivity index (χ4v) is 4.87. The van der Waals surface area contributed by atoms with Crippen LogP contribution in [0.3, 0.4) is 0 Å². The highest BCUT2D eigenvalue weighted by Gasteiger charge is 2.29. The van der Waals surface area contributed by atoms with Gasteiger partial charge in [0.1, 0.15) is 0 Å². The minimum Gasteiger partial charge on any atom is -0.394 e. The summed E-state index contributed by atoms with van der Waals surface area (Å²) in [7, 11) is 0. The molecule has 1 saturated heterocycles. The second-order valence-corrected chi connectivity index (χ2v) is 9.32. The van der Waals surface area contributed by atoms with Crippen LogP contribution >= 0.6 is 0 Å².